The fourth-order valence-corrected chi connectivity index (χ4v) is 3.17. The first-order valence-electron chi connectivity index (χ1n) is 7.19. The van der Waals surface area contributed by atoms with Gasteiger partial charge in [0.1, 0.15) is 5.82 Å². The van der Waals surface area contributed by atoms with Gasteiger partial charge >= 0.3 is 0 Å². The molecule has 0 spiro atoms. The van der Waals surface area contributed by atoms with E-state index in [1.807, 2.05) is 13.1 Å². The van der Waals surface area contributed by atoms with Crippen molar-refractivity contribution in [3.63, 3.8) is 0 Å². The van der Waals surface area contributed by atoms with Crippen molar-refractivity contribution >= 4 is 0 Å². The molecule has 0 bridgehead atoms. The number of nitrogens with zero attached hydrogens (tertiary/aromatic N) is 2. The maximum atomic E-state index is 10.5. The Labute approximate surface area is 114 Å². The molecule has 0 aromatic carbocycles. The number of hydrogen-bond donors (Lipinski definition) is 2. The highest BCUT2D eigenvalue weighted by Crippen LogP contribution is 2.29. The molecule has 1 aromatic heterocycles. The van der Waals surface area contributed by atoms with Gasteiger partial charge in [0.05, 0.1) is 5.60 Å². The molecule has 0 aliphatic carbocycles. The number of likely N-dealkylation sites (tertiary alicyclic amines) is 1. The molecule has 5 heteroatoms. The molecule has 19 heavy (non-hydrogen) atoms. The van der Waals surface area contributed by atoms with E-state index in [0.717, 1.165) is 50.4 Å². The van der Waals surface area contributed by atoms with Crippen LogP contribution in [0.4, 0.5) is 0 Å². The lowest BCUT2D eigenvalue weighted by molar-refractivity contribution is -0.0773. The average Bonchev–Trinajstić information content (AvgIpc) is 2.98. The van der Waals surface area contributed by atoms with E-state index in [0.29, 0.717) is 19.1 Å². The fraction of sp³-hybridized carbons (Fsp3) is 0.786. The van der Waals surface area contributed by atoms with Crippen molar-refractivity contribution in [3.8, 4) is 0 Å². The molecule has 0 saturated carbocycles. The largest absolute Gasteiger partial charge is 0.388 e. The van der Waals surface area contributed by atoms with Crippen LogP contribution in [0.15, 0.2) is 6.20 Å². The molecule has 2 N–H and O–H groups in total. The summed E-state index contributed by atoms with van der Waals surface area (Å²) in [5.74, 6) is 1.58. The van der Waals surface area contributed by atoms with E-state index in [9.17, 15) is 5.11 Å². The summed E-state index contributed by atoms with van der Waals surface area (Å²) in [6.07, 6.45) is 4.53. The van der Waals surface area contributed by atoms with Crippen LogP contribution >= 0.6 is 0 Å². The molecule has 2 aliphatic rings. The Morgan fingerprint density at radius 3 is 3.00 bits per heavy atom. The Morgan fingerprint density at radius 1 is 1.53 bits per heavy atom. The molecule has 0 unspecified atom stereocenters. The summed E-state index contributed by atoms with van der Waals surface area (Å²) in [5, 5.41) is 10.5. The van der Waals surface area contributed by atoms with Gasteiger partial charge in [-0.1, -0.05) is 0 Å². The number of aromatic amines is 1. The molecule has 0 radical (unpaired) electrons. The minimum atomic E-state index is -0.549. The Kier molecular flexibility index (Phi) is 3.60. The summed E-state index contributed by atoms with van der Waals surface area (Å²) in [6, 6.07) is 0. The van der Waals surface area contributed by atoms with Crippen LogP contribution in [0, 0.1) is 6.92 Å². The van der Waals surface area contributed by atoms with Gasteiger partial charge in [0.2, 0.25) is 0 Å². The number of nitrogens with one attached hydrogen (secondary N) is 1. The zero-order valence-electron chi connectivity index (χ0n) is 11.6. The van der Waals surface area contributed by atoms with Crippen LogP contribution < -0.4 is 0 Å². The molecular formula is C14H23N3O2. The number of aromatic nitrogens is 2. The van der Waals surface area contributed by atoms with Crippen molar-refractivity contribution < 1.29 is 9.84 Å². The van der Waals surface area contributed by atoms with Gasteiger partial charge in [0.15, 0.2) is 0 Å². The zero-order chi connectivity index (χ0) is 13.3. The third kappa shape index (κ3) is 2.99. The number of imidazole rings is 1. The van der Waals surface area contributed by atoms with Crippen LogP contribution in [0.1, 0.15) is 36.7 Å². The van der Waals surface area contributed by atoms with Gasteiger partial charge < -0.3 is 14.8 Å². The van der Waals surface area contributed by atoms with Gasteiger partial charge in [-0.05, 0) is 19.9 Å². The number of hydrogen-bond acceptors (Lipinski definition) is 4. The van der Waals surface area contributed by atoms with E-state index in [1.54, 1.807) is 0 Å². The highest BCUT2D eigenvalue weighted by molar-refractivity contribution is 5.07. The number of rotatable bonds is 3. The van der Waals surface area contributed by atoms with E-state index < -0.39 is 5.60 Å². The number of aryl methyl sites for hydroxylation is 1. The normalized spacial score (nSPS) is 27.8. The van der Waals surface area contributed by atoms with Crippen molar-refractivity contribution in [1.82, 2.24) is 14.9 Å². The van der Waals surface area contributed by atoms with Gasteiger partial charge in [-0.25, -0.2) is 4.98 Å². The molecule has 2 saturated heterocycles. The van der Waals surface area contributed by atoms with E-state index in [1.165, 1.54) is 0 Å². The summed E-state index contributed by atoms with van der Waals surface area (Å²) in [7, 11) is 0. The van der Waals surface area contributed by atoms with Gasteiger partial charge in [0.25, 0.3) is 0 Å². The molecule has 3 heterocycles. The van der Waals surface area contributed by atoms with Crippen LogP contribution in [-0.4, -0.2) is 58.4 Å². The standard InChI is InChI=1S/C14H23N3O2/c1-11-8-15-13(16-11)12-2-5-17(9-12)10-14(18)3-6-19-7-4-14/h8,12,18H,2-7,9-10H2,1H3,(H,15,16)/t12-/m1/s1. The van der Waals surface area contributed by atoms with E-state index in [4.69, 9.17) is 4.74 Å². The topological polar surface area (TPSA) is 61.4 Å². The molecular weight excluding hydrogens is 242 g/mol. The van der Waals surface area contributed by atoms with Crippen molar-refractivity contribution in [1.29, 1.82) is 0 Å². The second-order valence-corrected chi connectivity index (χ2v) is 6.01. The molecule has 3 rings (SSSR count). The van der Waals surface area contributed by atoms with Crippen LogP contribution in [0.25, 0.3) is 0 Å². The molecule has 1 aromatic rings. The van der Waals surface area contributed by atoms with Crippen LogP contribution in [0.3, 0.4) is 0 Å². The predicted octanol–water partition coefficient (Wildman–Crippen LogP) is 1.05. The van der Waals surface area contributed by atoms with Gasteiger partial charge in [-0.15, -0.1) is 0 Å². The summed E-state index contributed by atoms with van der Waals surface area (Å²) in [4.78, 5) is 10.1. The third-order valence-corrected chi connectivity index (χ3v) is 4.32. The maximum Gasteiger partial charge on any atom is 0.110 e. The Hall–Kier alpha value is -0.910. The summed E-state index contributed by atoms with van der Waals surface area (Å²) >= 11 is 0. The Bertz CT molecular complexity index is 426. The molecule has 1 atom stereocenters. The smallest absolute Gasteiger partial charge is 0.110 e. The first-order valence-corrected chi connectivity index (χ1v) is 7.19. The average molecular weight is 265 g/mol. The lowest BCUT2D eigenvalue weighted by Crippen LogP contribution is -2.46. The fourth-order valence-electron chi connectivity index (χ4n) is 3.17. The van der Waals surface area contributed by atoms with Crippen molar-refractivity contribution in [3.05, 3.63) is 17.7 Å². The predicted molar refractivity (Wildman–Crippen MR) is 72.1 cm³/mol. The Balaban J connectivity index is 1.57. The van der Waals surface area contributed by atoms with Gasteiger partial charge in [-0.3, -0.25) is 4.90 Å². The third-order valence-electron chi connectivity index (χ3n) is 4.32. The number of aliphatic hydroxyl groups is 1. The van der Waals surface area contributed by atoms with Crippen LogP contribution in [0.2, 0.25) is 0 Å². The quantitative estimate of drug-likeness (QED) is 0.857. The summed E-state index contributed by atoms with van der Waals surface area (Å²) in [6.45, 7) is 6.22. The first-order chi connectivity index (χ1) is 9.15. The number of H-pyrrole nitrogens is 1. The van der Waals surface area contributed by atoms with Crippen molar-refractivity contribution in [2.45, 2.75) is 37.7 Å². The monoisotopic (exact) mass is 265 g/mol. The lowest BCUT2D eigenvalue weighted by atomic mass is 9.94. The molecule has 0 amide bonds. The van der Waals surface area contributed by atoms with Crippen LogP contribution in [0.5, 0.6) is 0 Å². The summed E-state index contributed by atoms with van der Waals surface area (Å²) < 4.78 is 5.33. The van der Waals surface area contributed by atoms with Gasteiger partial charge in [0, 0.05) is 57.0 Å². The molecule has 106 valence electrons. The Morgan fingerprint density at radius 2 is 2.32 bits per heavy atom. The van der Waals surface area contributed by atoms with Crippen molar-refractivity contribution in [2.75, 3.05) is 32.8 Å². The number of β-amino-alcohol motifs (C(OH)–C–C–N with tert-alkyl or cyclic N) is 1. The summed E-state index contributed by atoms with van der Waals surface area (Å²) in [5.41, 5.74) is 0.572. The van der Waals surface area contributed by atoms with E-state index in [2.05, 4.69) is 14.9 Å². The SMILES string of the molecule is Cc1cnc([C@@H]2CCN(CC3(O)CCOCC3)C2)[nH]1. The van der Waals surface area contributed by atoms with E-state index in [-0.39, 0.29) is 0 Å². The molecule has 5 nitrogen and oxygen atoms in total. The second-order valence-electron chi connectivity index (χ2n) is 6.01. The molecule has 2 fully saturated rings. The highest BCUT2D eigenvalue weighted by Gasteiger charge is 2.35. The highest BCUT2D eigenvalue weighted by atomic mass is 16.5. The minimum absolute atomic E-state index is 0.483. The second kappa shape index (κ2) is 5.23. The minimum Gasteiger partial charge on any atom is -0.388 e. The van der Waals surface area contributed by atoms with E-state index >= 15 is 0 Å². The van der Waals surface area contributed by atoms with Gasteiger partial charge in [-0.2, -0.15) is 0 Å². The first kappa shape index (κ1) is 13.1. The van der Waals surface area contributed by atoms with Crippen LogP contribution in [-0.2, 0) is 4.74 Å². The molecule has 2 aliphatic heterocycles. The zero-order valence-corrected chi connectivity index (χ0v) is 11.6. The number of ether oxygens (including phenoxy) is 1. The lowest BCUT2D eigenvalue weighted by Gasteiger charge is -2.35. The maximum absolute atomic E-state index is 10.5. The van der Waals surface area contributed by atoms with Crippen molar-refractivity contribution in [2.24, 2.45) is 0 Å².